The Morgan fingerprint density at radius 1 is 1.21 bits per heavy atom. The van der Waals surface area contributed by atoms with Gasteiger partial charge in [-0.3, -0.25) is 4.90 Å². The average Bonchev–Trinajstić information content (AvgIpc) is 2.43. The van der Waals surface area contributed by atoms with E-state index in [1.807, 2.05) is 0 Å². The molecule has 0 bridgehead atoms. The molecule has 2 rings (SSSR count). The summed E-state index contributed by atoms with van der Waals surface area (Å²) in [6, 6.07) is -0.257. The zero-order valence-electron chi connectivity index (χ0n) is 8.02. The fourth-order valence-electron chi connectivity index (χ4n) is 2.29. The highest BCUT2D eigenvalue weighted by Crippen LogP contribution is 2.26. The van der Waals surface area contributed by atoms with Crippen LogP contribution in [-0.4, -0.2) is 39.6 Å². The standard InChI is InChI=1S/C9H16N2O3/c12-7-8(13)11(9(14)10-7)6-4-2-1-3-5-6/h6-8,12-13H,1-5H2,(H,10,14). The van der Waals surface area contributed by atoms with Crippen LogP contribution in [-0.2, 0) is 0 Å². The van der Waals surface area contributed by atoms with Crippen LogP contribution in [0.3, 0.4) is 0 Å². The minimum Gasteiger partial charge on any atom is -0.369 e. The SMILES string of the molecule is O=C1NC(O)C(O)N1C1CCCCC1. The molecule has 0 spiro atoms. The number of nitrogens with zero attached hydrogens (tertiary/aromatic N) is 1. The van der Waals surface area contributed by atoms with E-state index >= 15 is 0 Å². The van der Waals surface area contributed by atoms with Gasteiger partial charge in [-0.05, 0) is 12.8 Å². The molecule has 5 heteroatoms. The Kier molecular flexibility index (Phi) is 2.60. The van der Waals surface area contributed by atoms with Gasteiger partial charge in [0.05, 0.1) is 0 Å². The Hall–Kier alpha value is -0.810. The molecule has 1 saturated carbocycles. The molecule has 3 N–H and O–H groups in total. The Labute approximate surface area is 82.7 Å². The molecule has 1 saturated heterocycles. The first-order valence-corrected chi connectivity index (χ1v) is 5.15. The van der Waals surface area contributed by atoms with Crippen LogP contribution >= 0.6 is 0 Å². The van der Waals surface area contributed by atoms with Crippen molar-refractivity contribution in [2.75, 3.05) is 0 Å². The number of amides is 2. The number of carbonyl (C=O) groups is 1. The maximum absolute atomic E-state index is 11.4. The molecule has 2 fully saturated rings. The second-order valence-electron chi connectivity index (χ2n) is 4.01. The fraction of sp³-hybridized carbons (Fsp3) is 0.889. The van der Waals surface area contributed by atoms with Gasteiger partial charge in [0, 0.05) is 6.04 Å². The van der Waals surface area contributed by atoms with Crippen molar-refractivity contribution in [2.24, 2.45) is 0 Å². The van der Waals surface area contributed by atoms with Crippen LogP contribution in [0.5, 0.6) is 0 Å². The molecule has 2 aliphatic rings. The van der Waals surface area contributed by atoms with Crippen molar-refractivity contribution in [1.82, 2.24) is 10.2 Å². The minimum absolute atomic E-state index is 0.0934. The molecule has 2 atom stereocenters. The van der Waals surface area contributed by atoms with Gasteiger partial charge < -0.3 is 15.5 Å². The van der Waals surface area contributed by atoms with Gasteiger partial charge in [0.1, 0.15) is 0 Å². The van der Waals surface area contributed by atoms with Gasteiger partial charge >= 0.3 is 6.03 Å². The van der Waals surface area contributed by atoms with Crippen LogP contribution in [0.1, 0.15) is 32.1 Å². The van der Waals surface area contributed by atoms with Crippen LogP contribution in [0.25, 0.3) is 0 Å². The number of aliphatic hydroxyl groups is 2. The second-order valence-corrected chi connectivity index (χ2v) is 4.01. The smallest absolute Gasteiger partial charge is 0.321 e. The third kappa shape index (κ3) is 1.57. The molecule has 1 aliphatic carbocycles. The number of hydrogen-bond donors (Lipinski definition) is 3. The lowest BCUT2D eigenvalue weighted by atomic mass is 9.94. The maximum Gasteiger partial charge on any atom is 0.321 e. The van der Waals surface area contributed by atoms with E-state index in [2.05, 4.69) is 5.32 Å². The Balaban J connectivity index is 2.04. The van der Waals surface area contributed by atoms with Crippen molar-refractivity contribution < 1.29 is 15.0 Å². The van der Waals surface area contributed by atoms with Crippen molar-refractivity contribution >= 4 is 6.03 Å². The van der Waals surface area contributed by atoms with Crippen molar-refractivity contribution in [3.05, 3.63) is 0 Å². The van der Waals surface area contributed by atoms with Crippen LogP contribution in [0, 0.1) is 0 Å². The van der Waals surface area contributed by atoms with Gasteiger partial charge in [-0.1, -0.05) is 19.3 Å². The normalized spacial score (nSPS) is 34.7. The molecule has 80 valence electrons. The Morgan fingerprint density at radius 2 is 1.86 bits per heavy atom. The van der Waals surface area contributed by atoms with Gasteiger partial charge in [-0.15, -0.1) is 0 Å². The first kappa shape index (κ1) is 9.73. The second kappa shape index (κ2) is 3.74. The zero-order valence-corrected chi connectivity index (χ0v) is 8.02. The van der Waals surface area contributed by atoms with Crippen LogP contribution in [0.2, 0.25) is 0 Å². The van der Waals surface area contributed by atoms with Crippen LogP contribution in [0.15, 0.2) is 0 Å². The number of aliphatic hydroxyl groups excluding tert-OH is 2. The Morgan fingerprint density at radius 3 is 2.36 bits per heavy atom. The van der Waals surface area contributed by atoms with Crippen LogP contribution in [0.4, 0.5) is 4.79 Å². The van der Waals surface area contributed by atoms with Gasteiger partial charge in [-0.25, -0.2) is 4.79 Å². The summed E-state index contributed by atoms with van der Waals surface area (Å²) in [5.74, 6) is 0. The third-order valence-corrected chi connectivity index (χ3v) is 3.04. The molecule has 0 radical (unpaired) electrons. The van der Waals surface area contributed by atoms with E-state index in [4.69, 9.17) is 0 Å². The molecule has 0 aromatic heterocycles. The van der Waals surface area contributed by atoms with E-state index in [-0.39, 0.29) is 12.1 Å². The lowest BCUT2D eigenvalue weighted by Crippen LogP contribution is -2.44. The number of urea groups is 1. The third-order valence-electron chi connectivity index (χ3n) is 3.04. The van der Waals surface area contributed by atoms with E-state index in [0.29, 0.717) is 0 Å². The van der Waals surface area contributed by atoms with Gasteiger partial charge in [-0.2, -0.15) is 0 Å². The van der Waals surface area contributed by atoms with E-state index in [0.717, 1.165) is 25.7 Å². The fourth-order valence-corrected chi connectivity index (χ4v) is 2.29. The Bertz CT molecular complexity index is 228. The molecular weight excluding hydrogens is 184 g/mol. The molecular formula is C9H16N2O3. The summed E-state index contributed by atoms with van der Waals surface area (Å²) in [6.07, 6.45) is 3.03. The van der Waals surface area contributed by atoms with Crippen molar-refractivity contribution in [3.8, 4) is 0 Å². The highest BCUT2D eigenvalue weighted by molar-refractivity contribution is 5.77. The molecule has 5 nitrogen and oxygen atoms in total. The van der Waals surface area contributed by atoms with E-state index in [1.54, 1.807) is 0 Å². The van der Waals surface area contributed by atoms with Crippen molar-refractivity contribution in [1.29, 1.82) is 0 Å². The van der Waals surface area contributed by atoms with E-state index in [1.165, 1.54) is 11.3 Å². The van der Waals surface area contributed by atoms with Crippen LogP contribution < -0.4 is 5.32 Å². The van der Waals surface area contributed by atoms with Gasteiger partial charge in [0.2, 0.25) is 0 Å². The lowest BCUT2D eigenvalue weighted by Gasteiger charge is -2.32. The highest BCUT2D eigenvalue weighted by Gasteiger charge is 2.41. The predicted molar refractivity (Wildman–Crippen MR) is 49.3 cm³/mol. The number of nitrogens with one attached hydrogen (secondary N) is 1. The first-order valence-electron chi connectivity index (χ1n) is 5.15. The summed E-state index contributed by atoms with van der Waals surface area (Å²) in [5, 5.41) is 21.1. The van der Waals surface area contributed by atoms with Crippen molar-refractivity contribution in [3.63, 3.8) is 0 Å². The number of rotatable bonds is 1. The molecule has 1 aliphatic heterocycles. The van der Waals surface area contributed by atoms with Crippen molar-refractivity contribution in [2.45, 2.75) is 50.6 Å². The predicted octanol–water partition coefficient (Wildman–Crippen LogP) is -0.0189. The quantitative estimate of drug-likeness (QED) is 0.557. The summed E-state index contributed by atoms with van der Waals surface area (Å²) in [4.78, 5) is 12.8. The highest BCUT2D eigenvalue weighted by atomic mass is 16.4. The zero-order chi connectivity index (χ0) is 10.1. The van der Waals surface area contributed by atoms with E-state index < -0.39 is 12.5 Å². The molecule has 14 heavy (non-hydrogen) atoms. The van der Waals surface area contributed by atoms with E-state index in [9.17, 15) is 15.0 Å². The molecule has 0 aromatic rings. The topological polar surface area (TPSA) is 72.8 Å². The summed E-state index contributed by atoms with van der Waals surface area (Å²) in [6.45, 7) is 0. The molecule has 1 heterocycles. The summed E-state index contributed by atoms with van der Waals surface area (Å²) in [5.41, 5.74) is 0. The van der Waals surface area contributed by atoms with Gasteiger partial charge in [0.15, 0.2) is 12.5 Å². The number of hydrogen-bond acceptors (Lipinski definition) is 3. The largest absolute Gasteiger partial charge is 0.369 e. The minimum atomic E-state index is -1.13. The summed E-state index contributed by atoms with van der Waals surface area (Å²) < 4.78 is 0. The molecule has 0 aromatic carbocycles. The summed E-state index contributed by atoms with van der Waals surface area (Å²) in [7, 11) is 0. The lowest BCUT2D eigenvalue weighted by molar-refractivity contribution is -0.0523. The monoisotopic (exact) mass is 200 g/mol. The van der Waals surface area contributed by atoms with Gasteiger partial charge in [0.25, 0.3) is 0 Å². The summed E-state index contributed by atoms with van der Waals surface area (Å²) >= 11 is 0. The molecule has 2 unspecified atom stereocenters. The number of carbonyl (C=O) groups excluding carboxylic acids is 1. The maximum atomic E-state index is 11.4. The average molecular weight is 200 g/mol. The first-order chi connectivity index (χ1) is 6.70. The molecule has 2 amide bonds.